The highest BCUT2D eigenvalue weighted by Gasteiger charge is 2.67. The minimum atomic E-state index is -0.446. The number of esters is 1. The molecule has 41 heavy (non-hydrogen) atoms. The van der Waals surface area contributed by atoms with Gasteiger partial charge in [0.05, 0.1) is 18.6 Å². The fraction of sp³-hybridized carbons (Fsp3) is 0.576. The quantitative estimate of drug-likeness (QED) is 0.278. The normalized spacial score (nSPS) is 29.9. The maximum Gasteiger partial charge on any atom is 0.308 e. The lowest BCUT2D eigenvalue weighted by atomic mass is 9.50. The molecule has 1 amide bonds. The summed E-state index contributed by atoms with van der Waals surface area (Å²) in [6, 6.07) is 3.58. The highest BCUT2D eigenvalue weighted by Crippen LogP contribution is 2.66. The Labute approximate surface area is 241 Å². The Bertz CT molecular complexity index is 1380. The lowest BCUT2D eigenvalue weighted by Crippen LogP contribution is -2.69. The number of furan rings is 1. The van der Waals surface area contributed by atoms with Crippen molar-refractivity contribution in [2.45, 2.75) is 82.9 Å². The fourth-order valence-electron chi connectivity index (χ4n) is 8.47. The zero-order valence-electron chi connectivity index (χ0n) is 24.2. The van der Waals surface area contributed by atoms with E-state index in [-0.39, 0.29) is 40.9 Å². The molecule has 2 bridgehead atoms. The number of hydrogen-bond acceptors (Lipinski definition) is 7. The Morgan fingerprint density at radius 1 is 1.27 bits per heavy atom. The topological polar surface area (TPSA) is 92.5 Å². The minimum Gasteiger partial charge on any atom is -0.508 e. The molecule has 5 aliphatic rings. The van der Waals surface area contributed by atoms with Crippen molar-refractivity contribution >= 4 is 18.0 Å². The maximum atomic E-state index is 13.9. The molecule has 1 N–H and O–H groups in total. The van der Waals surface area contributed by atoms with Gasteiger partial charge < -0.3 is 23.9 Å². The first-order valence-electron chi connectivity index (χ1n) is 15.3. The van der Waals surface area contributed by atoms with Crippen LogP contribution in [0.2, 0.25) is 0 Å². The summed E-state index contributed by atoms with van der Waals surface area (Å²) < 4.78 is 17.7. The number of phenolic OH excluding ortho intramolecular Hbond substituents is 1. The number of carbonyl (C=O) groups is 2. The summed E-state index contributed by atoms with van der Waals surface area (Å²) in [4.78, 5) is 30.6. The molecular formula is C33H40N2O6. The molecule has 1 aromatic heterocycles. The number of carbonyl (C=O) groups excluding carboxylic acids is 2. The Kier molecular flexibility index (Phi) is 6.45. The standard InChI is InChI=1S/C33H40N2O6/c1-19(2)16-35(29(38)9-6-22-10-13-39-18-22)25-8-7-24-26-14-23-27(37)15-28(40-20(3)36)31-30(23)33(24,32(25)41-31)11-12-34(26)17-21-4-5-21/h6,9-10,13,15,18-19,21,24-26,32,37H,4-5,7-8,11-12,14,16-17H2,1-3H3/b9-6+/t24-,25+,26+,32-,33-/m0/s1. The van der Waals surface area contributed by atoms with Gasteiger partial charge in [-0.2, -0.15) is 0 Å². The molecule has 8 heteroatoms. The number of benzene rings is 1. The Balaban J connectivity index is 1.31. The van der Waals surface area contributed by atoms with Gasteiger partial charge in [-0.15, -0.1) is 0 Å². The van der Waals surface area contributed by atoms with E-state index in [4.69, 9.17) is 13.9 Å². The van der Waals surface area contributed by atoms with Crippen LogP contribution in [0.3, 0.4) is 0 Å². The average molecular weight is 561 g/mol. The maximum absolute atomic E-state index is 13.9. The Hall–Kier alpha value is -3.26. The van der Waals surface area contributed by atoms with Gasteiger partial charge in [0, 0.05) is 60.3 Å². The number of likely N-dealkylation sites (tertiary alicyclic amines) is 1. The molecule has 7 rings (SSSR count). The van der Waals surface area contributed by atoms with Gasteiger partial charge in [0.2, 0.25) is 5.91 Å². The van der Waals surface area contributed by atoms with Crippen molar-refractivity contribution in [2.24, 2.45) is 17.8 Å². The average Bonchev–Trinajstić information content (AvgIpc) is 3.45. The van der Waals surface area contributed by atoms with E-state index in [2.05, 4.69) is 18.7 Å². The van der Waals surface area contributed by atoms with E-state index in [0.717, 1.165) is 61.4 Å². The number of ether oxygens (including phenoxy) is 2. The van der Waals surface area contributed by atoms with Crippen LogP contribution in [0, 0.1) is 17.8 Å². The number of phenols is 1. The van der Waals surface area contributed by atoms with Crippen LogP contribution in [0.4, 0.5) is 0 Å². The fourth-order valence-corrected chi connectivity index (χ4v) is 8.47. The molecule has 3 aliphatic carbocycles. The molecule has 3 fully saturated rings. The number of amides is 1. The lowest BCUT2D eigenvalue weighted by molar-refractivity contribution is -0.138. The van der Waals surface area contributed by atoms with Crippen LogP contribution < -0.4 is 9.47 Å². The van der Waals surface area contributed by atoms with Crippen molar-refractivity contribution in [3.8, 4) is 17.2 Å². The molecule has 2 aromatic rings. The van der Waals surface area contributed by atoms with Crippen molar-refractivity contribution in [1.29, 1.82) is 0 Å². The Morgan fingerprint density at radius 2 is 2.10 bits per heavy atom. The van der Waals surface area contributed by atoms with Gasteiger partial charge in [-0.25, -0.2) is 0 Å². The van der Waals surface area contributed by atoms with Crippen LogP contribution in [-0.2, 0) is 21.4 Å². The molecule has 1 aromatic carbocycles. The van der Waals surface area contributed by atoms with Gasteiger partial charge in [-0.1, -0.05) is 13.8 Å². The molecule has 5 atom stereocenters. The van der Waals surface area contributed by atoms with E-state index >= 15 is 0 Å². The largest absolute Gasteiger partial charge is 0.508 e. The third-order valence-electron chi connectivity index (χ3n) is 10.1. The van der Waals surface area contributed by atoms with E-state index < -0.39 is 5.97 Å². The highest BCUT2D eigenvalue weighted by atomic mass is 16.6. The first-order valence-corrected chi connectivity index (χ1v) is 15.3. The van der Waals surface area contributed by atoms with E-state index in [1.165, 1.54) is 19.8 Å². The van der Waals surface area contributed by atoms with Gasteiger partial charge in [0.15, 0.2) is 11.5 Å². The molecular weight excluding hydrogens is 520 g/mol. The lowest BCUT2D eigenvalue weighted by Gasteiger charge is -2.60. The highest BCUT2D eigenvalue weighted by molar-refractivity contribution is 5.92. The molecule has 0 unspecified atom stereocenters. The van der Waals surface area contributed by atoms with Gasteiger partial charge >= 0.3 is 5.97 Å². The molecule has 1 saturated heterocycles. The number of nitrogens with zero attached hydrogens (tertiary/aromatic N) is 2. The van der Waals surface area contributed by atoms with Crippen LogP contribution in [-0.4, -0.2) is 64.6 Å². The molecule has 2 saturated carbocycles. The summed E-state index contributed by atoms with van der Waals surface area (Å²) in [5.74, 6) is 1.99. The summed E-state index contributed by atoms with van der Waals surface area (Å²) >= 11 is 0. The van der Waals surface area contributed by atoms with Crippen molar-refractivity contribution in [3.05, 3.63) is 47.4 Å². The second kappa shape index (κ2) is 9.93. The Morgan fingerprint density at radius 3 is 2.80 bits per heavy atom. The summed E-state index contributed by atoms with van der Waals surface area (Å²) in [5, 5.41) is 11.3. The molecule has 3 heterocycles. The number of rotatable bonds is 8. The van der Waals surface area contributed by atoms with E-state index in [0.29, 0.717) is 24.3 Å². The van der Waals surface area contributed by atoms with Gasteiger partial charge in [0.25, 0.3) is 0 Å². The summed E-state index contributed by atoms with van der Waals surface area (Å²) in [7, 11) is 0. The molecule has 8 nitrogen and oxygen atoms in total. The first kappa shape index (κ1) is 26.6. The van der Waals surface area contributed by atoms with Crippen molar-refractivity contribution in [2.75, 3.05) is 19.6 Å². The van der Waals surface area contributed by atoms with Crippen LogP contribution in [0.1, 0.15) is 69.6 Å². The summed E-state index contributed by atoms with van der Waals surface area (Å²) in [6.07, 6.45) is 12.5. The van der Waals surface area contributed by atoms with Crippen LogP contribution >= 0.6 is 0 Å². The number of aromatic hydroxyl groups is 1. The molecule has 1 spiro atoms. The summed E-state index contributed by atoms with van der Waals surface area (Å²) in [6.45, 7) is 8.35. The third-order valence-corrected chi connectivity index (χ3v) is 10.1. The number of hydrogen-bond donors (Lipinski definition) is 1. The predicted octanol–water partition coefficient (Wildman–Crippen LogP) is 4.93. The first-order chi connectivity index (χ1) is 19.8. The van der Waals surface area contributed by atoms with Crippen LogP contribution in [0.5, 0.6) is 17.2 Å². The predicted molar refractivity (Wildman–Crippen MR) is 153 cm³/mol. The SMILES string of the molecule is CC(=O)Oc1cc(O)c2c3c1O[C@H]1[C@H](N(CC(C)C)C(=O)/C=C/c4ccoc4)CC[C@H]4[C@@H](C2)N(CC2CC2)CC[C@@]341. The van der Waals surface area contributed by atoms with E-state index in [1.807, 2.05) is 11.0 Å². The van der Waals surface area contributed by atoms with Crippen molar-refractivity contribution in [1.82, 2.24) is 9.80 Å². The zero-order chi connectivity index (χ0) is 28.5. The van der Waals surface area contributed by atoms with Crippen molar-refractivity contribution in [3.63, 3.8) is 0 Å². The molecule has 0 radical (unpaired) electrons. The smallest absolute Gasteiger partial charge is 0.308 e. The van der Waals surface area contributed by atoms with Crippen molar-refractivity contribution < 1.29 is 28.6 Å². The second-order valence-corrected chi connectivity index (χ2v) is 13.2. The monoisotopic (exact) mass is 560 g/mol. The van der Waals surface area contributed by atoms with Gasteiger partial charge in [0.1, 0.15) is 11.9 Å². The molecule has 2 aliphatic heterocycles. The zero-order valence-corrected chi connectivity index (χ0v) is 24.2. The summed E-state index contributed by atoms with van der Waals surface area (Å²) in [5.41, 5.74) is 2.47. The van der Waals surface area contributed by atoms with Gasteiger partial charge in [-0.05, 0) is 75.0 Å². The van der Waals surface area contributed by atoms with Gasteiger partial charge in [-0.3, -0.25) is 14.5 Å². The number of piperidine rings is 1. The third kappa shape index (κ3) is 4.37. The second-order valence-electron chi connectivity index (χ2n) is 13.2. The van der Waals surface area contributed by atoms with Crippen LogP contribution in [0.15, 0.2) is 35.2 Å². The minimum absolute atomic E-state index is 0.0406. The molecule has 218 valence electrons. The van der Waals surface area contributed by atoms with Crippen LogP contribution in [0.25, 0.3) is 6.08 Å². The van der Waals surface area contributed by atoms with E-state index in [1.54, 1.807) is 30.7 Å². The van der Waals surface area contributed by atoms with E-state index in [9.17, 15) is 14.7 Å².